The van der Waals surface area contributed by atoms with E-state index in [0.717, 1.165) is 24.0 Å². The predicted molar refractivity (Wildman–Crippen MR) is 101 cm³/mol. The Morgan fingerprint density at radius 1 is 1.37 bits per heavy atom. The van der Waals surface area contributed by atoms with Crippen molar-refractivity contribution in [3.05, 3.63) is 59.3 Å². The van der Waals surface area contributed by atoms with Gasteiger partial charge >= 0.3 is 6.03 Å². The number of amides is 3. The van der Waals surface area contributed by atoms with Gasteiger partial charge in [-0.2, -0.15) is 5.10 Å². The zero-order valence-electron chi connectivity index (χ0n) is 15.8. The van der Waals surface area contributed by atoms with Gasteiger partial charge in [-0.3, -0.25) is 14.5 Å². The lowest BCUT2D eigenvalue weighted by molar-refractivity contribution is -0.126. The van der Waals surface area contributed by atoms with Gasteiger partial charge in [-0.05, 0) is 37.0 Å². The van der Waals surface area contributed by atoms with E-state index in [9.17, 15) is 9.59 Å². The molecule has 142 valence electrons. The molecule has 8 nitrogen and oxygen atoms in total. The summed E-state index contributed by atoms with van der Waals surface area (Å²) >= 11 is 0. The minimum atomic E-state index is -0.513. The molecule has 1 aliphatic rings. The van der Waals surface area contributed by atoms with E-state index >= 15 is 0 Å². The van der Waals surface area contributed by atoms with E-state index in [4.69, 9.17) is 0 Å². The maximum Gasteiger partial charge on any atom is 0.319 e. The molecule has 3 amide bonds. The quantitative estimate of drug-likeness (QED) is 0.809. The van der Waals surface area contributed by atoms with E-state index in [1.54, 1.807) is 42.0 Å². The summed E-state index contributed by atoms with van der Waals surface area (Å²) in [5, 5.41) is 9.69. The number of nitrogens with zero attached hydrogens (tertiary/aromatic N) is 4. The number of carbonyl (C=O) groups is 2. The Morgan fingerprint density at radius 3 is 2.85 bits per heavy atom. The molecule has 27 heavy (non-hydrogen) atoms. The molecule has 3 rings (SSSR count). The highest BCUT2D eigenvalue weighted by Crippen LogP contribution is 2.27. The van der Waals surface area contributed by atoms with E-state index in [2.05, 4.69) is 20.7 Å². The van der Waals surface area contributed by atoms with Crippen LogP contribution >= 0.6 is 0 Å². The van der Waals surface area contributed by atoms with Crippen LogP contribution in [0, 0.1) is 0 Å². The standard InChI is InChI=1S/C19H24N6O2/c1-13-16(17(23-19(27)22-13)15-7-4-8-20-11-15)18(26)24(2)9-5-6-14-10-21-25(3)12-14/h4,7-8,10-12,17H,5-6,9H2,1-3H3,(H2,22,23,27)/t17-/m1/s1. The Kier molecular flexibility index (Phi) is 5.54. The summed E-state index contributed by atoms with van der Waals surface area (Å²) in [6.45, 7) is 2.36. The van der Waals surface area contributed by atoms with Gasteiger partial charge in [0.1, 0.15) is 0 Å². The monoisotopic (exact) mass is 368 g/mol. The molecule has 8 heteroatoms. The number of allylic oxidation sites excluding steroid dienone is 1. The Hall–Kier alpha value is -3.16. The van der Waals surface area contributed by atoms with Gasteiger partial charge in [0.2, 0.25) is 0 Å². The number of rotatable bonds is 6. The fourth-order valence-corrected chi connectivity index (χ4v) is 3.20. The minimum absolute atomic E-state index is 0.111. The second kappa shape index (κ2) is 8.03. The van der Waals surface area contributed by atoms with Crippen molar-refractivity contribution in [1.82, 2.24) is 30.3 Å². The zero-order valence-corrected chi connectivity index (χ0v) is 15.8. The highest BCUT2D eigenvalue weighted by Gasteiger charge is 2.32. The van der Waals surface area contributed by atoms with Gasteiger partial charge in [-0.1, -0.05) is 6.07 Å². The number of urea groups is 1. The topological polar surface area (TPSA) is 92.2 Å². The summed E-state index contributed by atoms with van der Waals surface area (Å²) in [4.78, 5) is 30.8. The molecular weight excluding hydrogens is 344 g/mol. The molecule has 0 unspecified atom stereocenters. The number of hydrogen-bond donors (Lipinski definition) is 2. The molecule has 0 spiro atoms. The van der Waals surface area contributed by atoms with Gasteiger partial charge in [0.25, 0.3) is 5.91 Å². The van der Waals surface area contributed by atoms with E-state index in [-0.39, 0.29) is 11.9 Å². The van der Waals surface area contributed by atoms with Crippen molar-refractivity contribution in [3.8, 4) is 0 Å². The van der Waals surface area contributed by atoms with E-state index in [1.807, 2.05) is 25.5 Å². The van der Waals surface area contributed by atoms with Crippen molar-refractivity contribution >= 4 is 11.9 Å². The summed E-state index contributed by atoms with van der Waals surface area (Å²) in [5.41, 5.74) is 3.02. The van der Waals surface area contributed by atoms with Gasteiger partial charge in [0.15, 0.2) is 0 Å². The van der Waals surface area contributed by atoms with Crippen molar-refractivity contribution < 1.29 is 9.59 Å². The SMILES string of the molecule is CC1=C(C(=O)N(C)CCCc2cnn(C)c2)[C@@H](c2cccnc2)NC(=O)N1. The van der Waals surface area contributed by atoms with Crippen molar-refractivity contribution in [1.29, 1.82) is 0 Å². The van der Waals surface area contributed by atoms with Crippen LogP contribution in [0.15, 0.2) is 48.2 Å². The fraction of sp³-hybridized carbons (Fsp3) is 0.368. The minimum Gasteiger partial charge on any atom is -0.342 e. The lowest BCUT2D eigenvalue weighted by Gasteiger charge is -2.31. The smallest absolute Gasteiger partial charge is 0.319 e. The van der Waals surface area contributed by atoms with Gasteiger partial charge in [0.05, 0.1) is 17.8 Å². The predicted octanol–water partition coefficient (Wildman–Crippen LogP) is 1.53. The number of nitrogens with one attached hydrogen (secondary N) is 2. The number of hydrogen-bond acceptors (Lipinski definition) is 4. The third kappa shape index (κ3) is 4.33. The molecule has 1 aliphatic heterocycles. The molecule has 0 bridgehead atoms. The Bertz CT molecular complexity index is 858. The van der Waals surface area contributed by atoms with Gasteiger partial charge in [0, 0.05) is 44.9 Å². The van der Waals surface area contributed by atoms with Crippen LogP contribution in [0.3, 0.4) is 0 Å². The van der Waals surface area contributed by atoms with Crippen LogP contribution in [0.1, 0.15) is 30.5 Å². The third-order valence-electron chi connectivity index (χ3n) is 4.58. The molecule has 2 N–H and O–H groups in total. The molecule has 1 atom stereocenters. The molecule has 0 saturated carbocycles. The summed E-state index contributed by atoms with van der Waals surface area (Å²) in [7, 11) is 3.67. The lowest BCUT2D eigenvalue weighted by Crippen LogP contribution is -2.47. The molecule has 0 aliphatic carbocycles. The van der Waals surface area contributed by atoms with Crippen molar-refractivity contribution in [2.24, 2.45) is 7.05 Å². The van der Waals surface area contributed by atoms with Crippen LogP contribution in [0.5, 0.6) is 0 Å². The zero-order chi connectivity index (χ0) is 19.4. The molecule has 0 aromatic carbocycles. The summed E-state index contributed by atoms with van der Waals surface area (Å²) in [6, 6.07) is 2.81. The molecule has 2 aromatic rings. The van der Waals surface area contributed by atoms with Crippen LogP contribution in [0.25, 0.3) is 0 Å². The van der Waals surface area contributed by atoms with Crippen LogP contribution in [0.2, 0.25) is 0 Å². The highest BCUT2D eigenvalue weighted by molar-refractivity contribution is 5.98. The molecule has 0 saturated heterocycles. The average Bonchev–Trinajstić information content (AvgIpc) is 3.06. The number of likely N-dealkylation sites (N-methyl/N-ethyl adjacent to an activating group) is 1. The van der Waals surface area contributed by atoms with Crippen molar-refractivity contribution in [2.45, 2.75) is 25.8 Å². The first kappa shape index (κ1) is 18.6. The second-order valence-electron chi connectivity index (χ2n) is 6.71. The maximum absolute atomic E-state index is 13.1. The third-order valence-corrected chi connectivity index (χ3v) is 4.58. The summed E-state index contributed by atoms with van der Waals surface area (Å²) in [6.07, 6.45) is 8.83. The van der Waals surface area contributed by atoms with Crippen molar-refractivity contribution in [2.75, 3.05) is 13.6 Å². The average molecular weight is 368 g/mol. The van der Waals surface area contributed by atoms with Crippen molar-refractivity contribution in [3.63, 3.8) is 0 Å². The number of aryl methyl sites for hydroxylation is 2. The van der Waals surface area contributed by atoms with Crippen LogP contribution in [-0.4, -0.2) is 45.2 Å². The molecule has 2 aromatic heterocycles. The number of pyridine rings is 1. The maximum atomic E-state index is 13.1. The van der Waals surface area contributed by atoms with E-state index in [1.165, 1.54) is 0 Å². The molecular formula is C19H24N6O2. The van der Waals surface area contributed by atoms with Gasteiger partial charge in [-0.25, -0.2) is 4.79 Å². The molecule has 3 heterocycles. The van der Waals surface area contributed by atoms with Gasteiger partial charge in [-0.15, -0.1) is 0 Å². The highest BCUT2D eigenvalue weighted by atomic mass is 16.2. The largest absolute Gasteiger partial charge is 0.342 e. The summed E-state index contributed by atoms with van der Waals surface area (Å²) in [5.74, 6) is -0.111. The van der Waals surface area contributed by atoms with E-state index < -0.39 is 6.04 Å². The summed E-state index contributed by atoms with van der Waals surface area (Å²) < 4.78 is 1.77. The Labute approximate surface area is 158 Å². The molecule has 0 fully saturated rings. The Balaban J connectivity index is 1.71. The number of aromatic nitrogens is 3. The van der Waals surface area contributed by atoms with Crippen LogP contribution in [-0.2, 0) is 18.3 Å². The lowest BCUT2D eigenvalue weighted by atomic mass is 9.95. The van der Waals surface area contributed by atoms with E-state index in [0.29, 0.717) is 17.8 Å². The second-order valence-corrected chi connectivity index (χ2v) is 6.71. The number of carbonyl (C=O) groups excluding carboxylic acids is 2. The molecule has 0 radical (unpaired) electrons. The Morgan fingerprint density at radius 2 is 2.19 bits per heavy atom. The fourth-order valence-electron chi connectivity index (χ4n) is 3.20. The first-order chi connectivity index (χ1) is 13.0. The first-order valence-electron chi connectivity index (χ1n) is 8.87. The van der Waals surface area contributed by atoms with Crippen LogP contribution < -0.4 is 10.6 Å². The normalized spacial score (nSPS) is 16.7. The first-order valence-corrected chi connectivity index (χ1v) is 8.87. The van der Waals surface area contributed by atoms with Crippen LogP contribution in [0.4, 0.5) is 4.79 Å². The van der Waals surface area contributed by atoms with Gasteiger partial charge < -0.3 is 15.5 Å².